The molecule has 0 aliphatic carbocycles. The molecule has 0 spiro atoms. The minimum atomic E-state index is -4.42. The fourth-order valence-corrected chi connectivity index (χ4v) is 4.31. The number of esters is 1. The van der Waals surface area contributed by atoms with Crippen LogP contribution >= 0.6 is 0 Å². The Kier molecular flexibility index (Phi) is 8.40. The van der Waals surface area contributed by atoms with Crippen molar-refractivity contribution in [3.63, 3.8) is 0 Å². The number of sulfonamides is 1. The molecule has 0 saturated heterocycles. The minimum Gasteiger partial charge on any atom is -0.467 e. The van der Waals surface area contributed by atoms with Crippen molar-refractivity contribution in [1.82, 2.24) is 9.62 Å². The number of nitrogens with one attached hydrogen (secondary N) is 1. The van der Waals surface area contributed by atoms with Crippen molar-refractivity contribution in [3.05, 3.63) is 65.7 Å². The Bertz CT molecular complexity index is 1010. The van der Waals surface area contributed by atoms with Gasteiger partial charge in [0.1, 0.15) is 5.60 Å². The summed E-state index contributed by atoms with van der Waals surface area (Å²) in [4.78, 5) is 25.5. The molecule has 2 aromatic carbocycles. The number of hydrogen-bond donors (Lipinski definition) is 1. The van der Waals surface area contributed by atoms with E-state index in [0.717, 1.165) is 18.2 Å². The van der Waals surface area contributed by atoms with E-state index in [2.05, 4.69) is 5.32 Å². The molecular weight excluding hydrogens is 432 g/mol. The Morgan fingerprint density at radius 1 is 1.03 bits per heavy atom. The van der Waals surface area contributed by atoms with Crippen LogP contribution < -0.4 is 5.32 Å². The van der Waals surface area contributed by atoms with Crippen LogP contribution in [0, 0.1) is 6.92 Å². The second kappa shape index (κ2) is 10.6. The van der Waals surface area contributed by atoms with E-state index in [9.17, 15) is 18.0 Å². The fourth-order valence-electron chi connectivity index (χ4n) is 2.87. The molecule has 1 N–H and O–H groups in total. The van der Waals surface area contributed by atoms with E-state index in [0.29, 0.717) is 10.8 Å². The molecule has 1 amide bonds. The van der Waals surface area contributed by atoms with Gasteiger partial charge in [0.05, 0.1) is 12.0 Å². The van der Waals surface area contributed by atoms with Crippen LogP contribution in [0.15, 0.2) is 59.5 Å². The lowest BCUT2D eigenvalue weighted by Gasteiger charge is -2.31. The first-order valence-electron chi connectivity index (χ1n) is 10.1. The quantitative estimate of drug-likeness (QED) is 0.601. The molecule has 0 saturated carbocycles. The Labute approximate surface area is 189 Å². The third-order valence-electron chi connectivity index (χ3n) is 4.42. The summed E-state index contributed by atoms with van der Waals surface area (Å²) in [5.41, 5.74) is 0.805. The molecule has 0 aromatic heterocycles. The van der Waals surface area contributed by atoms with Gasteiger partial charge in [-0.15, -0.1) is 0 Å². The molecule has 32 heavy (non-hydrogen) atoms. The van der Waals surface area contributed by atoms with Crippen molar-refractivity contribution in [2.45, 2.75) is 50.8 Å². The number of methoxy groups -OCH3 is 1. The highest BCUT2D eigenvalue weighted by atomic mass is 32.2. The molecule has 0 aliphatic rings. The largest absolute Gasteiger partial charge is 0.467 e. The smallest absolute Gasteiger partial charge is 0.425 e. The number of benzene rings is 2. The average molecular weight is 463 g/mol. The lowest BCUT2D eigenvalue weighted by molar-refractivity contribution is -0.145. The van der Waals surface area contributed by atoms with Crippen LogP contribution in [0.5, 0.6) is 0 Å². The van der Waals surface area contributed by atoms with Crippen LogP contribution in [-0.4, -0.2) is 50.1 Å². The second-order valence-corrected chi connectivity index (χ2v) is 10.1. The highest BCUT2D eigenvalue weighted by molar-refractivity contribution is 7.89. The maximum atomic E-state index is 13.5. The van der Waals surface area contributed by atoms with E-state index < -0.39 is 33.7 Å². The number of aryl methyl sites for hydroxylation is 1. The summed E-state index contributed by atoms with van der Waals surface area (Å²) in [6.45, 7) is 6.85. The Morgan fingerprint density at radius 2 is 1.62 bits per heavy atom. The number of rotatable bonds is 8. The zero-order valence-electron chi connectivity index (χ0n) is 19.0. The van der Waals surface area contributed by atoms with Crippen LogP contribution in [0.3, 0.4) is 0 Å². The first kappa shape index (κ1) is 25.4. The molecule has 1 atom stereocenters. The Morgan fingerprint density at radius 3 is 2.16 bits per heavy atom. The molecule has 2 rings (SSSR count). The van der Waals surface area contributed by atoms with Gasteiger partial charge in [0.15, 0.2) is 6.04 Å². The molecule has 0 unspecified atom stereocenters. The predicted molar refractivity (Wildman–Crippen MR) is 120 cm³/mol. The number of carbonyl (C=O) groups excluding carboxylic acids is 2. The number of hydrogen-bond acceptors (Lipinski definition) is 7. The van der Waals surface area contributed by atoms with E-state index in [-0.39, 0.29) is 11.4 Å². The third-order valence-corrected chi connectivity index (χ3v) is 6.21. The maximum Gasteiger partial charge on any atom is 0.425 e. The first-order valence-corrected chi connectivity index (χ1v) is 11.6. The molecule has 0 radical (unpaired) electrons. The minimum absolute atomic E-state index is 0.133. The zero-order chi connectivity index (χ0) is 23.9. The molecule has 0 aliphatic heterocycles. The van der Waals surface area contributed by atoms with Crippen LogP contribution in [0.25, 0.3) is 0 Å². The van der Waals surface area contributed by atoms with Crippen molar-refractivity contribution >= 4 is 22.1 Å². The van der Waals surface area contributed by atoms with Gasteiger partial charge in [-0.2, -0.15) is 4.31 Å². The van der Waals surface area contributed by atoms with Crippen molar-refractivity contribution < 1.29 is 27.5 Å². The highest BCUT2D eigenvalue weighted by Gasteiger charge is 2.42. The molecule has 0 fully saturated rings. The molecule has 0 heterocycles. The monoisotopic (exact) mass is 462 g/mol. The van der Waals surface area contributed by atoms with Gasteiger partial charge in [-0.3, -0.25) is 0 Å². The van der Waals surface area contributed by atoms with Gasteiger partial charge in [-0.05, 0) is 45.4 Å². The van der Waals surface area contributed by atoms with E-state index in [1.54, 1.807) is 32.9 Å². The summed E-state index contributed by atoms with van der Waals surface area (Å²) in [5.74, 6) is -0.882. The molecule has 0 bridgehead atoms. The number of carbonyl (C=O) groups is 2. The van der Waals surface area contributed by atoms with Gasteiger partial charge in [-0.25, -0.2) is 18.0 Å². The summed E-state index contributed by atoms with van der Waals surface area (Å²) >= 11 is 0. The van der Waals surface area contributed by atoms with Gasteiger partial charge < -0.3 is 14.8 Å². The van der Waals surface area contributed by atoms with E-state index in [1.165, 1.54) is 12.1 Å². The third kappa shape index (κ3) is 6.80. The van der Waals surface area contributed by atoms with Crippen LogP contribution in [-0.2, 0) is 30.8 Å². The molecule has 9 heteroatoms. The summed E-state index contributed by atoms with van der Waals surface area (Å²) in [5, 5.41) is 3.03. The summed E-state index contributed by atoms with van der Waals surface area (Å²) in [6, 6.07) is 13.9. The van der Waals surface area contributed by atoms with Crippen molar-refractivity contribution in [3.8, 4) is 0 Å². The fraction of sp³-hybridized carbons (Fsp3) is 0.391. The summed E-state index contributed by atoms with van der Waals surface area (Å²) < 4.78 is 37.6. The average Bonchev–Trinajstić information content (AvgIpc) is 2.72. The normalized spacial score (nSPS) is 12.7. The number of nitrogens with zero attached hydrogens (tertiary/aromatic N) is 1. The van der Waals surface area contributed by atoms with Gasteiger partial charge >= 0.3 is 12.1 Å². The Hall–Kier alpha value is -2.91. The van der Waals surface area contributed by atoms with Gasteiger partial charge in [0, 0.05) is 13.1 Å². The molecule has 8 nitrogen and oxygen atoms in total. The van der Waals surface area contributed by atoms with Crippen LogP contribution in [0.2, 0.25) is 0 Å². The summed E-state index contributed by atoms with van der Waals surface area (Å²) in [7, 11) is -3.28. The first-order chi connectivity index (χ1) is 15.0. The number of amides is 1. The van der Waals surface area contributed by atoms with Crippen LogP contribution in [0.1, 0.15) is 31.9 Å². The SMILES string of the molecule is COC(=O)[C@H](CNCc1ccccc1)N(C(=O)OC(C)(C)C)S(=O)(=O)c1ccc(C)cc1. The van der Waals surface area contributed by atoms with Gasteiger partial charge in [0.2, 0.25) is 0 Å². The van der Waals surface area contributed by atoms with Crippen LogP contribution in [0.4, 0.5) is 4.79 Å². The van der Waals surface area contributed by atoms with Gasteiger partial charge in [0.25, 0.3) is 10.0 Å². The highest BCUT2D eigenvalue weighted by Crippen LogP contribution is 2.23. The zero-order valence-corrected chi connectivity index (χ0v) is 19.8. The molecule has 2 aromatic rings. The van der Waals surface area contributed by atoms with Crippen molar-refractivity contribution in [2.75, 3.05) is 13.7 Å². The second-order valence-electron chi connectivity index (χ2n) is 8.25. The standard InChI is InChI=1S/C23H30N2O6S/c1-17-11-13-19(14-12-17)32(28,29)25(22(27)31-23(2,3)4)20(21(26)30-5)16-24-15-18-9-7-6-8-10-18/h6-14,20,24H,15-16H2,1-5H3/t20-/m0/s1. The molecular formula is C23H30N2O6S. The lowest BCUT2D eigenvalue weighted by atomic mass is 10.2. The maximum absolute atomic E-state index is 13.5. The van der Waals surface area contributed by atoms with E-state index >= 15 is 0 Å². The molecule has 174 valence electrons. The summed E-state index contributed by atoms with van der Waals surface area (Å²) in [6.07, 6.45) is -1.16. The number of ether oxygens (including phenoxy) is 2. The van der Waals surface area contributed by atoms with Crippen molar-refractivity contribution in [1.29, 1.82) is 0 Å². The van der Waals surface area contributed by atoms with E-state index in [4.69, 9.17) is 9.47 Å². The lowest BCUT2D eigenvalue weighted by Crippen LogP contribution is -2.54. The van der Waals surface area contributed by atoms with Crippen molar-refractivity contribution in [2.24, 2.45) is 0 Å². The van der Waals surface area contributed by atoms with Gasteiger partial charge in [-0.1, -0.05) is 48.0 Å². The van der Waals surface area contributed by atoms with E-state index in [1.807, 2.05) is 37.3 Å². The topological polar surface area (TPSA) is 102 Å². The predicted octanol–water partition coefficient (Wildman–Crippen LogP) is 3.25. The Balaban J connectivity index is 2.43.